The number of aliphatic hydroxyl groups is 1. The molecular formula is C11H15NO4S. The molecule has 0 amide bonds. The van der Waals surface area contributed by atoms with E-state index in [0.717, 1.165) is 0 Å². The second kappa shape index (κ2) is 4.62. The second-order valence-electron chi connectivity index (χ2n) is 4.20. The van der Waals surface area contributed by atoms with Crippen molar-refractivity contribution in [1.29, 1.82) is 0 Å². The molecule has 0 spiro atoms. The van der Waals surface area contributed by atoms with E-state index in [9.17, 15) is 13.5 Å². The number of methoxy groups -OCH3 is 1. The fraction of sp³-hybridized carbons (Fsp3) is 0.545. The van der Waals surface area contributed by atoms with E-state index in [1.807, 2.05) is 0 Å². The first-order valence-corrected chi connectivity index (χ1v) is 7.23. The molecule has 2 atom stereocenters. The number of aromatic nitrogens is 1. The van der Waals surface area contributed by atoms with Gasteiger partial charge in [0.2, 0.25) is 0 Å². The molecule has 2 rings (SSSR count). The largest absolute Gasteiger partial charge is 0.495 e. The van der Waals surface area contributed by atoms with Crippen LogP contribution in [0.25, 0.3) is 0 Å². The Balaban J connectivity index is 2.23. The van der Waals surface area contributed by atoms with E-state index in [0.29, 0.717) is 17.9 Å². The molecule has 0 saturated carbocycles. The van der Waals surface area contributed by atoms with Crippen molar-refractivity contribution in [2.24, 2.45) is 5.92 Å². The number of hydrogen-bond donors (Lipinski definition) is 1. The summed E-state index contributed by atoms with van der Waals surface area (Å²) in [6.45, 7) is 0. The van der Waals surface area contributed by atoms with E-state index in [1.165, 1.54) is 7.11 Å². The molecule has 0 aliphatic carbocycles. The lowest BCUT2D eigenvalue weighted by Gasteiger charge is -2.18. The minimum absolute atomic E-state index is 0.0217. The molecule has 94 valence electrons. The number of nitrogens with zero attached hydrogens (tertiary/aromatic N) is 1. The summed E-state index contributed by atoms with van der Waals surface area (Å²) in [4.78, 5) is 4.07. The molecule has 1 aromatic rings. The highest BCUT2D eigenvalue weighted by Gasteiger charge is 2.35. The van der Waals surface area contributed by atoms with Gasteiger partial charge in [-0.05, 0) is 18.6 Å². The molecule has 1 aliphatic rings. The van der Waals surface area contributed by atoms with Crippen LogP contribution in [0.4, 0.5) is 0 Å². The van der Waals surface area contributed by atoms with Crippen molar-refractivity contribution in [3.05, 3.63) is 24.0 Å². The molecule has 1 aromatic heterocycles. The van der Waals surface area contributed by atoms with Crippen LogP contribution in [-0.2, 0) is 9.84 Å². The maximum Gasteiger partial charge on any atom is 0.150 e. The summed E-state index contributed by atoms with van der Waals surface area (Å²) in [6.07, 6.45) is 1.15. The van der Waals surface area contributed by atoms with Gasteiger partial charge in [0.15, 0.2) is 9.84 Å². The molecule has 2 unspecified atom stereocenters. The summed E-state index contributed by atoms with van der Waals surface area (Å²) in [5.41, 5.74) is 0.414. The molecule has 1 saturated heterocycles. The topological polar surface area (TPSA) is 76.5 Å². The zero-order chi connectivity index (χ0) is 12.5. The summed E-state index contributed by atoms with van der Waals surface area (Å²) >= 11 is 0. The van der Waals surface area contributed by atoms with Crippen LogP contribution in [0.5, 0.6) is 5.75 Å². The van der Waals surface area contributed by atoms with Crippen LogP contribution >= 0.6 is 0 Å². The SMILES string of the molecule is COc1cccnc1C(O)C1CCS(=O)(=O)C1. The van der Waals surface area contributed by atoms with Crippen molar-refractivity contribution >= 4 is 9.84 Å². The summed E-state index contributed by atoms with van der Waals surface area (Å²) in [5.74, 6) is 0.366. The lowest BCUT2D eigenvalue weighted by atomic mass is 9.98. The predicted molar refractivity (Wildman–Crippen MR) is 62.5 cm³/mol. The molecule has 0 bridgehead atoms. The van der Waals surface area contributed by atoms with Crippen molar-refractivity contribution in [3.8, 4) is 5.75 Å². The average Bonchev–Trinajstić information content (AvgIpc) is 2.68. The zero-order valence-corrected chi connectivity index (χ0v) is 10.4. The molecule has 0 aromatic carbocycles. The Kier molecular flexibility index (Phi) is 3.35. The molecule has 1 fully saturated rings. The predicted octanol–water partition coefficient (Wildman–Crippen LogP) is 0.558. The fourth-order valence-electron chi connectivity index (χ4n) is 2.09. The van der Waals surface area contributed by atoms with Gasteiger partial charge in [-0.15, -0.1) is 0 Å². The monoisotopic (exact) mass is 257 g/mol. The first-order chi connectivity index (χ1) is 8.03. The van der Waals surface area contributed by atoms with E-state index in [1.54, 1.807) is 18.3 Å². The Morgan fingerprint density at radius 3 is 2.94 bits per heavy atom. The van der Waals surface area contributed by atoms with E-state index < -0.39 is 15.9 Å². The van der Waals surface area contributed by atoms with Gasteiger partial charge >= 0.3 is 0 Å². The Morgan fingerprint density at radius 1 is 1.59 bits per heavy atom. The lowest BCUT2D eigenvalue weighted by Crippen LogP contribution is -2.16. The third kappa shape index (κ3) is 2.58. The van der Waals surface area contributed by atoms with Gasteiger partial charge in [-0.3, -0.25) is 4.98 Å². The first-order valence-electron chi connectivity index (χ1n) is 5.41. The Bertz CT molecular complexity index is 500. The summed E-state index contributed by atoms with van der Waals surface area (Å²) in [5, 5.41) is 10.2. The number of sulfone groups is 1. The minimum atomic E-state index is -3.00. The standard InChI is InChI=1S/C11H15NO4S/c1-16-9-3-2-5-12-10(9)11(13)8-4-6-17(14,15)7-8/h2-3,5,8,11,13H,4,6-7H2,1H3. The maximum absolute atomic E-state index is 11.4. The number of aliphatic hydroxyl groups excluding tert-OH is 1. The number of hydrogen-bond acceptors (Lipinski definition) is 5. The van der Waals surface area contributed by atoms with Gasteiger partial charge in [0, 0.05) is 12.1 Å². The highest BCUT2D eigenvalue weighted by molar-refractivity contribution is 7.91. The summed E-state index contributed by atoms with van der Waals surface area (Å²) in [7, 11) is -1.50. The minimum Gasteiger partial charge on any atom is -0.495 e. The van der Waals surface area contributed by atoms with Crippen molar-refractivity contribution in [1.82, 2.24) is 4.98 Å². The lowest BCUT2D eigenvalue weighted by molar-refractivity contribution is 0.113. The van der Waals surface area contributed by atoms with Gasteiger partial charge in [0.1, 0.15) is 17.5 Å². The van der Waals surface area contributed by atoms with Gasteiger partial charge in [-0.2, -0.15) is 0 Å². The van der Waals surface area contributed by atoms with Crippen LogP contribution in [-0.4, -0.2) is 37.1 Å². The molecule has 5 nitrogen and oxygen atoms in total. The molecule has 1 aliphatic heterocycles. The number of rotatable bonds is 3. The smallest absolute Gasteiger partial charge is 0.150 e. The zero-order valence-electron chi connectivity index (χ0n) is 9.54. The first kappa shape index (κ1) is 12.3. The van der Waals surface area contributed by atoms with Crippen LogP contribution in [0.2, 0.25) is 0 Å². The highest BCUT2D eigenvalue weighted by Crippen LogP contribution is 2.34. The van der Waals surface area contributed by atoms with Crippen LogP contribution in [0.1, 0.15) is 18.2 Å². The van der Waals surface area contributed by atoms with Crippen molar-refractivity contribution in [2.75, 3.05) is 18.6 Å². The molecule has 1 N–H and O–H groups in total. The fourth-order valence-corrected chi connectivity index (χ4v) is 3.92. The summed E-state index contributed by atoms with van der Waals surface area (Å²) < 4.78 is 27.8. The van der Waals surface area contributed by atoms with E-state index in [4.69, 9.17) is 4.74 Å². The number of ether oxygens (including phenoxy) is 1. The van der Waals surface area contributed by atoms with Gasteiger partial charge in [-0.1, -0.05) is 0 Å². The summed E-state index contributed by atoms with van der Waals surface area (Å²) in [6, 6.07) is 3.41. The normalized spacial score (nSPS) is 24.5. The Hall–Kier alpha value is -1.14. The Morgan fingerprint density at radius 2 is 2.35 bits per heavy atom. The van der Waals surface area contributed by atoms with Gasteiger partial charge in [0.05, 0.1) is 18.6 Å². The second-order valence-corrected chi connectivity index (χ2v) is 6.43. The van der Waals surface area contributed by atoms with E-state index >= 15 is 0 Å². The average molecular weight is 257 g/mol. The Labute approximate surface area is 100 Å². The van der Waals surface area contributed by atoms with Crippen molar-refractivity contribution in [3.63, 3.8) is 0 Å². The van der Waals surface area contributed by atoms with Crippen LogP contribution < -0.4 is 4.74 Å². The quantitative estimate of drug-likeness (QED) is 0.856. The van der Waals surface area contributed by atoms with Gasteiger partial charge in [-0.25, -0.2) is 8.42 Å². The van der Waals surface area contributed by atoms with Crippen LogP contribution in [0.15, 0.2) is 18.3 Å². The maximum atomic E-state index is 11.4. The van der Waals surface area contributed by atoms with E-state index in [2.05, 4.69) is 4.98 Å². The third-order valence-corrected chi connectivity index (χ3v) is 4.81. The van der Waals surface area contributed by atoms with E-state index in [-0.39, 0.29) is 17.4 Å². The highest BCUT2D eigenvalue weighted by atomic mass is 32.2. The third-order valence-electron chi connectivity index (χ3n) is 3.01. The molecule has 2 heterocycles. The van der Waals surface area contributed by atoms with Gasteiger partial charge < -0.3 is 9.84 Å². The van der Waals surface area contributed by atoms with Crippen molar-refractivity contribution < 1.29 is 18.3 Å². The van der Waals surface area contributed by atoms with Crippen molar-refractivity contribution in [2.45, 2.75) is 12.5 Å². The number of pyridine rings is 1. The molecule has 0 radical (unpaired) electrons. The van der Waals surface area contributed by atoms with Crippen LogP contribution in [0, 0.1) is 5.92 Å². The van der Waals surface area contributed by atoms with Crippen LogP contribution in [0.3, 0.4) is 0 Å². The molecule has 17 heavy (non-hydrogen) atoms. The molecular weight excluding hydrogens is 242 g/mol. The van der Waals surface area contributed by atoms with Gasteiger partial charge in [0.25, 0.3) is 0 Å². The molecule has 6 heteroatoms.